The van der Waals surface area contributed by atoms with Gasteiger partial charge in [0.05, 0.1) is 55.9 Å². The summed E-state index contributed by atoms with van der Waals surface area (Å²) in [7, 11) is 4.13. The van der Waals surface area contributed by atoms with Crippen LogP contribution in [0.5, 0.6) is 0 Å². The Bertz CT molecular complexity index is 1440. The first-order valence-corrected chi connectivity index (χ1v) is 12.7. The fourth-order valence-corrected chi connectivity index (χ4v) is 4.98. The monoisotopic (exact) mass is 516 g/mol. The standard InChI is InChI=1S/C28H30ClN7O/c1-18-4-5-19(29)16-22(18)26-23(27(30)37)17-25(35(26)3)24-10-11-31-28(33-24)32-20-6-8-21(9-7-20)36-14-12-34(2)13-15-36/h4-11,16-17H,12-15H2,1-3H3,(H2,30,37)(H,31,32,33)/p+1. The molecule has 8 nitrogen and oxygen atoms in total. The minimum Gasteiger partial charge on any atom is -0.366 e. The number of quaternary nitrogens is 1. The maximum absolute atomic E-state index is 12.4. The van der Waals surface area contributed by atoms with Gasteiger partial charge in [-0.3, -0.25) is 4.79 Å². The van der Waals surface area contributed by atoms with Crippen molar-refractivity contribution in [2.24, 2.45) is 12.8 Å². The molecule has 1 fully saturated rings. The molecule has 190 valence electrons. The van der Waals surface area contributed by atoms with Gasteiger partial charge in [0.15, 0.2) is 0 Å². The van der Waals surface area contributed by atoms with Crippen LogP contribution in [0.3, 0.4) is 0 Å². The molecule has 2 aromatic carbocycles. The minimum atomic E-state index is -0.509. The summed E-state index contributed by atoms with van der Waals surface area (Å²) in [6.07, 6.45) is 1.70. The van der Waals surface area contributed by atoms with Gasteiger partial charge >= 0.3 is 0 Å². The molecule has 0 atom stereocenters. The van der Waals surface area contributed by atoms with E-state index < -0.39 is 5.91 Å². The summed E-state index contributed by atoms with van der Waals surface area (Å²) in [5, 5.41) is 3.89. The zero-order valence-corrected chi connectivity index (χ0v) is 22.0. The number of nitrogens with one attached hydrogen (secondary N) is 2. The van der Waals surface area contributed by atoms with E-state index in [1.807, 2.05) is 54.9 Å². The predicted molar refractivity (Wildman–Crippen MR) is 149 cm³/mol. The third-order valence-electron chi connectivity index (χ3n) is 6.98. The fourth-order valence-electron chi connectivity index (χ4n) is 4.80. The molecule has 2 aromatic heterocycles. The Morgan fingerprint density at radius 2 is 1.81 bits per heavy atom. The van der Waals surface area contributed by atoms with E-state index in [0.29, 0.717) is 27.9 Å². The lowest BCUT2D eigenvalue weighted by Crippen LogP contribution is -3.12. The SMILES string of the molecule is Cc1ccc(Cl)cc1-c1c(C(N)=O)cc(-c2ccnc(Nc3ccc(N4CC[NH+](C)CC4)cc3)n2)n1C. The van der Waals surface area contributed by atoms with Gasteiger partial charge < -0.3 is 25.4 Å². The number of hydrogen-bond acceptors (Lipinski definition) is 5. The molecule has 0 spiro atoms. The zero-order chi connectivity index (χ0) is 26.1. The Morgan fingerprint density at radius 1 is 1.08 bits per heavy atom. The van der Waals surface area contributed by atoms with Gasteiger partial charge in [0.25, 0.3) is 5.91 Å². The second kappa shape index (κ2) is 10.2. The summed E-state index contributed by atoms with van der Waals surface area (Å²) in [6.45, 7) is 6.40. The van der Waals surface area contributed by atoms with Crippen LogP contribution in [0.4, 0.5) is 17.3 Å². The van der Waals surface area contributed by atoms with Crippen LogP contribution < -0.4 is 20.9 Å². The molecular weight excluding hydrogens is 486 g/mol. The largest absolute Gasteiger partial charge is 0.366 e. The molecule has 0 aliphatic carbocycles. The summed E-state index contributed by atoms with van der Waals surface area (Å²) >= 11 is 6.27. The van der Waals surface area contributed by atoms with Gasteiger partial charge in [0, 0.05) is 35.2 Å². The van der Waals surface area contributed by atoms with Gasteiger partial charge in [0.2, 0.25) is 5.95 Å². The van der Waals surface area contributed by atoms with E-state index in [9.17, 15) is 4.79 Å². The van der Waals surface area contributed by atoms with E-state index in [0.717, 1.165) is 48.7 Å². The highest BCUT2D eigenvalue weighted by Gasteiger charge is 2.22. The first-order valence-electron chi connectivity index (χ1n) is 12.3. The molecule has 1 saturated heterocycles. The maximum Gasteiger partial charge on any atom is 0.250 e. The Balaban J connectivity index is 1.42. The van der Waals surface area contributed by atoms with Crippen LogP contribution >= 0.6 is 11.6 Å². The van der Waals surface area contributed by atoms with Gasteiger partial charge in [0.1, 0.15) is 0 Å². The molecule has 0 saturated carbocycles. The zero-order valence-electron chi connectivity index (χ0n) is 21.3. The lowest BCUT2D eigenvalue weighted by molar-refractivity contribution is -0.880. The molecule has 0 unspecified atom stereocenters. The summed E-state index contributed by atoms with van der Waals surface area (Å²) in [5.41, 5.74) is 12.3. The number of aromatic nitrogens is 3. The van der Waals surface area contributed by atoms with Crippen molar-refractivity contribution in [1.82, 2.24) is 14.5 Å². The van der Waals surface area contributed by atoms with Crippen molar-refractivity contribution in [1.29, 1.82) is 0 Å². The van der Waals surface area contributed by atoms with Crippen molar-refractivity contribution in [3.63, 3.8) is 0 Å². The van der Waals surface area contributed by atoms with Crippen LogP contribution in [0.15, 0.2) is 60.8 Å². The summed E-state index contributed by atoms with van der Waals surface area (Å²) < 4.78 is 1.93. The number of nitrogens with zero attached hydrogens (tertiary/aromatic N) is 4. The number of aryl methyl sites for hydroxylation is 1. The van der Waals surface area contributed by atoms with E-state index in [1.165, 1.54) is 5.69 Å². The Kier molecular flexibility index (Phi) is 6.86. The Labute approximate surface area is 221 Å². The van der Waals surface area contributed by atoms with Crippen LogP contribution in [0.25, 0.3) is 22.6 Å². The van der Waals surface area contributed by atoms with Gasteiger partial charge in [-0.15, -0.1) is 0 Å². The average molecular weight is 517 g/mol. The number of benzene rings is 2. The van der Waals surface area contributed by atoms with Crippen molar-refractivity contribution in [2.45, 2.75) is 6.92 Å². The molecule has 9 heteroatoms. The van der Waals surface area contributed by atoms with E-state index >= 15 is 0 Å². The van der Waals surface area contributed by atoms with Crippen molar-refractivity contribution in [3.05, 3.63) is 76.9 Å². The predicted octanol–water partition coefficient (Wildman–Crippen LogP) is 3.29. The molecule has 0 radical (unpaired) electrons. The molecule has 5 rings (SSSR count). The van der Waals surface area contributed by atoms with Crippen LogP contribution in [0.1, 0.15) is 15.9 Å². The maximum atomic E-state index is 12.4. The molecular formula is C28H31ClN7O+. The highest BCUT2D eigenvalue weighted by Crippen LogP contribution is 2.34. The number of primary amides is 1. The number of piperazine rings is 1. The summed E-state index contributed by atoms with van der Waals surface area (Å²) in [5.74, 6) is -0.0405. The van der Waals surface area contributed by atoms with Crippen molar-refractivity contribution in [3.8, 4) is 22.6 Å². The van der Waals surface area contributed by atoms with Crippen molar-refractivity contribution in [2.75, 3.05) is 43.4 Å². The molecule has 1 amide bonds. The van der Waals surface area contributed by atoms with E-state index in [2.05, 4.69) is 34.4 Å². The Morgan fingerprint density at radius 3 is 2.51 bits per heavy atom. The normalized spacial score (nSPS) is 14.1. The second-order valence-corrected chi connectivity index (χ2v) is 9.99. The number of hydrogen-bond donors (Lipinski definition) is 3. The van der Waals surface area contributed by atoms with Crippen molar-refractivity contribution < 1.29 is 9.69 Å². The van der Waals surface area contributed by atoms with Gasteiger partial charge in [-0.05, 0) is 61.0 Å². The van der Waals surface area contributed by atoms with Crippen LogP contribution in [0, 0.1) is 6.92 Å². The lowest BCUT2D eigenvalue weighted by atomic mass is 10.0. The molecule has 1 aliphatic heterocycles. The molecule has 1 aliphatic rings. The topological polar surface area (TPSA) is 93.5 Å². The highest BCUT2D eigenvalue weighted by molar-refractivity contribution is 6.31. The van der Waals surface area contributed by atoms with E-state index in [-0.39, 0.29) is 0 Å². The summed E-state index contributed by atoms with van der Waals surface area (Å²) in [6, 6.07) is 17.5. The third-order valence-corrected chi connectivity index (χ3v) is 7.21. The first kappa shape index (κ1) is 24.8. The summed E-state index contributed by atoms with van der Waals surface area (Å²) in [4.78, 5) is 25.5. The van der Waals surface area contributed by atoms with E-state index in [1.54, 1.807) is 17.2 Å². The third kappa shape index (κ3) is 5.16. The molecule has 3 heterocycles. The lowest BCUT2D eigenvalue weighted by Gasteiger charge is -2.31. The smallest absolute Gasteiger partial charge is 0.250 e. The number of nitrogens with two attached hydrogens (primary N) is 1. The van der Waals surface area contributed by atoms with Crippen LogP contribution in [-0.4, -0.2) is 53.7 Å². The van der Waals surface area contributed by atoms with Crippen LogP contribution in [-0.2, 0) is 7.05 Å². The minimum absolute atomic E-state index is 0.414. The number of anilines is 3. The first-order chi connectivity index (χ1) is 17.8. The number of carbonyl (C=O) groups is 1. The molecule has 4 aromatic rings. The second-order valence-electron chi connectivity index (χ2n) is 9.56. The van der Waals surface area contributed by atoms with Gasteiger partial charge in [-0.1, -0.05) is 17.7 Å². The molecule has 4 N–H and O–H groups in total. The quantitative estimate of drug-likeness (QED) is 0.366. The van der Waals surface area contributed by atoms with Gasteiger partial charge in [-0.25, -0.2) is 9.97 Å². The van der Waals surface area contributed by atoms with Crippen molar-refractivity contribution >= 4 is 34.8 Å². The Hall–Kier alpha value is -3.88. The van der Waals surface area contributed by atoms with E-state index in [4.69, 9.17) is 22.3 Å². The molecule has 0 bridgehead atoms. The number of likely N-dealkylation sites (N-methyl/N-ethyl adjacent to an activating group) is 1. The van der Waals surface area contributed by atoms with Crippen LogP contribution in [0.2, 0.25) is 5.02 Å². The number of halogens is 1. The number of rotatable bonds is 6. The highest BCUT2D eigenvalue weighted by atomic mass is 35.5. The van der Waals surface area contributed by atoms with Gasteiger partial charge in [-0.2, -0.15) is 0 Å². The average Bonchev–Trinajstić information content (AvgIpc) is 3.24. The number of carbonyl (C=O) groups excluding carboxylic acids is 1. The fraction of sp³-hybridized carbons (Fsp3) is 0.250. The number of amides is 1. The molecule has 37 heavy (non-hydrogen) atoms.